The number of para-hydroxylation sites is 2. The number of carbonyl (C=O) groups excluding carboxylic acids is 2. The van der Waals surface area contributed by atoms with Crippen molar-refractivity contribution in [1.82, 2.24) is 20.4 Å². The molecule has 0 saturated carbocycles. The van der Waals surface area contributed by atoms with E-state index in [1.807, 2.05) is 48.0 Å². The Kier molecular flexibility index (Phi) is 4.99. The summed E-state index contributed by atoms with van der Waals surface area (Å²) in [6, 6.07) is 15.1. The molecule has 140 valence electrons. The van der Waals surface area contributed by atoms with Crippen molar-refractivity contribution < 1.29 is 9.59 Å². The zero-order valence-corrected chi connectivity index (χ0v) is 16.0. The molecule has 0 unspecified atom stereocenters. The topological polar surface area (TPSA) is 76.0 Å². The Hall–Kier alpha value is -3.15. The van der Waals surface area contributed by atoms with Gasteiger partial charge in [-0.05, 0) is 35.2 Å². The van der Waals surface area contributed by atoms with Gasteiger partial charge < -0.3 is 4.57 Å². The Labute approximate surface area is 158 Å². The molecule has 1 aromatic heterocycles. The first-order valence-electron chi connectivity index (χ1n) is 8.86. The number of rotatable bonds is 3. The first-order valence-corrected chi connectivity index (χ1v) is 8.86. The van der Waals surface area contributed by atoms with Gasteiger partial charge in [0.2, 0.25) is 5.91 Å². The maximum atomic E-state index is 12.2. The van der Waals surface area contributed by atoms with Gasteiger partial charge in [0.05, 0.1) is 17.5 Å². The average Bonchev–Trinajstić information content (AvgIpc) is 2.95. The molecular weight excluding hydrogens is 340 g/mol. The van der Waals surface area contributed by atoms with Gasteiger partial charge in [0.25, 0.3) is 5.91 Å². The van der Waals surface area contributed by atoms with E-state index in [1.54, 1.807) is 12.1 Å². The highest BCUT2D eigenvalue weighted by Crippen LogP contribution is 2.22. The molecule has 0 aliphatic heterocycles. The van der Waals surface area contributed by atoms with Crippen LogP contribution < -0.4 is 10.9 Å². The van der Waals surface area contributed by atoms with Crippen molar-refractivity contribution >= 4 is 22.8 Å². The normalized spacial score (nSPS) is 11.4. The van der Waals surface area contributed by atoms with Crippen LogP contribution in [0, 0.1) is 0 Å². The number of carbonyl (C=O) groups is 2. The minimum atomic E-state index is -0.353. The number of aromatic nitrogens is 2. The molecule has 27 heavy (non-hydrogen) atoms. The predicted octanol–water partition coefficient (Wildman–Crippen LogP) is 2.87. The van der Waals surface area contributed by atoms with Crippen LogP contribution in [-0.4, -0.2) is 21.4 Å². The molecule has 6 heteroatoms. The van der Waals surface area contributed by atoms with Gasteiger partial charge in [-0.15, -0.1) is 0 Å². The number of nitrogens with one attached hydrogen (secondary N) is 2. The predicted molar refractivity (Wildman–Crippen MR) is 105 cm³/mol. The van der Waals surface area contributed by atoms with Crippen molar-refractivity contribution in [3.05, 3.63) is 65.5 Å². The Balaban J connectivity index is 1.60. The van der Waals surface area contributed by atoms with Crippen molar-refractivity contribution in [2.24, 2.45) is 7.05 Å². The molecule has 2 aromatic carbocycles. The van der Waals surface area contributed by atoms with Crippen molar-refractivity contribution in [1.29, 1.82) is 0 Å². The van der Waals surface area contributed by atoms with E-state index in [0.29, 0.717) is 11.4 Å². The number of aryl methyl sites for hydroxylation is 1. The highest BCUT2D eigenvalue weighted by atomic mass is 16.2. The number of fused-ring (bicyclic) bond motifs is 1. The van der Waals surface area contributed by atoms with Gasteiger partial charge >= 0.3 is 0 Å². The van der Waals surface area contributed by atoms with E-state index in [0.717, 1.165) is 16.6 Å². The number of nitrogens with zero attached hydrogens (tertiary/aromatic N) is 2. The van der Waals surface area contributed by atoms with Crippen LogP contribution in [0.1, 0.15) is 42.5 Å². The molecule has 0 aliphatic rings. The van der Waals surface area contributed by atoms with E-state index in [1.165, 1.54) is 0 Å². The summed E-state index contributed by atoms with van der Waals surface area (Å²) in [7, 11) is 1.87. The summed E-state index contributed by atoms with van der Waals surface area (Å²) in [5.41, 5.74) is 8.37. The Morgan fingerprint density at radius 3 is 2.30 bits per heavy atom. The zero-order chi connectivity index (χ0) is 19.6. The summed E-state index contributed by atoms with van der Waals surface area (Å²) < 4.78 is 1.88. The molecule has 0 bridgehead atoms. The summed E-state index contributed by atoms with van der Waals surface area (Å²) in [4.78, 5) is 28.9. The molecule has 1 heterocycles. The molecule has 3 aromatic rings. The van der Waals surface area contributed by atoms with Gasteiger partial charge in [0.1, 0.15) is 5.82 Å². The van der Waals surface area contributed by atoms with Gasteiger partial charge in [-0.1, -0.05) is 45.0 Å². The third kappa shape index (κ3) is 4.16. The van der Waals surface area contributed by atoms with Crippen LogP contribution in [0.25, 0.3) is 11.0 Å². The highest BCUT2D eigenvalue weighted by molar-refractivity contribution is 5.95. The first-order chi connectivity index (χ1) is 12.8. The standard InChI is InChI=1S/C21H24N4O2/c1-21(2,3)15-11-9-14(10-12-15)20(27)24-23-19(26)13-18-22-16-7-5-6-8-17(16)25(18)4/h5-12H,13H2,1-4H3,(H,23,26)(H,24,27). The van der Waals surface area contributed by atoms with Gasteiger partial charge in [-0.2, -0.15) is 0 Å². The van der Waals surface area contributed by atoms with Crippen LogP contribution in [0.4, 0.5) is 0 Å². The second-order valence-corrected chi connectivity index (χ2v) is 7.58. The Bertz CT molecular complexity index is 982. The van der Waals surface area contributed by atoms with Crippen molar-refractivity contribution in [2.75, 3.05) is 0 Å². The zero-order valence-electron chi connectivity index (χ0n) is 16.0. The molecule has 3 rings (SSSR count). The van der Waals surface area contributed by atoms with Gasteiger partial charge in [-0.25, -0.2) is 4.98 Å². The molecule has 2 amide bonds. The third-order valence-corrected chi connectivity index (χ3v) is 4.53. The lowest BCUT2D eigenvalue weighted by atomic mass is 9.87. The largest absolute Gasteiger partial charge is 0.331 e. The lowest BCUT2D eigenvalue weighted by molar-refractivity contribution is -0.121. The van der Waals surface area contributed by atoms with Crippen molar-refractivity contribution in [2.45, 2.75) is 32.6 Å². The number of benzene rings is 2. The molecule has 0 radical (unpaired) electrons. The lowest BCUT2D eigenvalue weighted by Crippen LogP contribution is -2.42. The van der Waals surface area contributed by atoms with Crippen LogP contribution in [-0.2, 0) is 23.7 Å². The quantitative estimate of drug-likeness (QED) is 0.702. The van der Waals surface area contributed by atoms with Crippen molar-refractivity contribution in [3.63, 3.8) is 0 Å². The van der Waals surface area contributed by atoms with E-state index in [-0.39, 0.29) is 23.7 Å². The van der Waals surface area contributed by atoms with E-state index in [9.17, 15) is 9.59 Å². The van der Waals surface area contributed by atoms with E-state index >= 15 is 0 Å². The minimum Gasteiger partial charge on any atom is -0.331 e. The summed E-state index contributed by atoms with van der Waals surface area (Å²) in [5, 5.41) is 0. The summed E-state index contributed by atoms with van der Waals surface area (Å²) >= 11 is 0. The highest BCUT2D eigenvalue weighted by Gasteiger charge is 2.15. The molecule has 6 nitrogen and oxygen atoms in total. The maximum absolute atomic E-state index is 12.2. The Morgan fingerprint density at radius 1 is 1.00 bits per heavy atom. The fourth-order valence-electron chi connectivity index (χ4n) is 2.86. The number of hydrogen-bond acceptors (Lipinski definition) is 3. The third-order valence-electron chi connectivity index (χ3n) is 4.53. The number of amides is 2. The van der Waals surface area contributed by atoms with Gasteiger partial charge in [0, 0.05) is 12.6 Å². The van der Waals surface area contributed by atoms with E-state index in [2.05, 4.69) is 36.6 Å². The number of hydrogen-bond donors (Lipinski definition) is 2. The maximum Gasteiger partial charge on any atom is 0.269 e. The second-order valence-electron chi connectivity index (χ2n) is 7.58. The fraction of sp³-hybridized carbons (Fsp3) is 0.286. The smallest absolute Gasteiger partial charge is 0.269 e. The number of hydrazine groups is 1. The molecule has 0 aliphatic carbocycles. The van der Waals surface area contributed by atoms with Crippen LogP contribution in [0.5, 0.6) is 0 Å². The van der Waals surface area contributed by atoms with Crippen LogP contribution in [0.2, 0.25) is 0 Å². The fourth-order valence-corrected chi connectivity index (χ4v) is 2.86. The van der Waals surface area contributed by atoms with Gasteiger partial charge in [-0.3, -0.25) is 20.4 Å². The molecule has 0 saturated heterocycles. The molecule has 0 atom stereocenters. The molecule has 0 spiro atoms. The molecule has 0 fully saturated rings. The second kappa shape index (κ2) is 7.23. The molecule has 2 N–H and O–H groups in total. The van der Waals surface area contributed by atoms with Crippen LogP contribution in [0.15, 0.2) is 48.5 Å². The minimum absolute atomic E-state index is 0.0227. The summed E-state index contributed by atoms with van der Waals surface area (Å²) in [6.07, 6.45) is 0.0778. The van der Waals surface area contributed by atoms with E-state index in [4.69, 9.17) is 0 Å². The lowest BCUT2D eigenvalue weighted by Gasteiger charge is -2.19. The van der Waals surface area contributed by atoms with Gasteiger partial charge in [0.15, 0.2) is 0 Å². The van der Waals surface area contributed by atoms with E-state index < -0.39 is 0 Å². The van der Waals surface area contributed by atoms with Crippen LogP contribution in [0.3, 0.4) is 0 Å². The number of imidazole rings is 1. The van der Waals surface area contributed by atoms with Crippen LogP contribution >= 0.6 is 0 Å². The monoisotopic (exact) mass is 364 g/mol. The SMILES string of the molecule is Cn1c(CC(=O)NNC(=O)c2ccc(C(C)(C)C)cc2)nc2ccccc21. The summed E-state index contributed by atoms with van der Waals surface area (Å²) in [6.45, 7) is 6.34. The average molecular weight is 364 g/mol. The summed E-state index contributed by atoms with van der Waals surface area (Å²) in [5.74, 6) is -0.0423. The van der Waals surface area contributed by atoms with Crippen molar-refractivity contribution in [3.8, 4) is 0 Å². The molecular formula is C21H24N4O2. The first kappa shape index (κ1) is 18.6. The Morgan fingerprint density at radius 2 is 1.67 bits per heavy atom.